The second kappa shape index (κ2) is 6.23. The van der Waals surface area contributed by atoms with Crippen molar-refractivity contribution in [1.29, 1.82) is 0 Å². The monoisotopic (exact) mass is 287 g/mol. The Morgan fingerprint density at radius 3 is 2.74 bits per heavy atom. The van der Waals surface area contributed by atoms with E-state index in [-0.39, 0.29) is 23.0 Å². The minimum Gasteiger partial charge on any atom is -0.507 e. The fourth-order valence-electron chi connectivity index (χ4n) is 1.91. The van der Waals surface area contributed by atoms with E-state index in [0.717, 1.165) is 5.57 Å². The lowest BCUT2D eigenvalue weighted by Gasteiger charge is -2.10. The Hall–Kier alpha value is -1.30. The van der Waals surface area contributed by atoms with E-state index in [1.54, 1.807) is 13.0 Å². The lowest BCUT2D eigenvalue weighted by molar-refractivity contribution is -0.116. The molecule has 0 saturated heterocycles. The van der Waals surface area contributed by atoms with Crippen molar-refractivity contribution in [2.45, 2.75) is 40.0 Å². The molecule has 1 rings (SSSR count). The molecule has 0 radical (unpaired) electrons. The van der Waals surface area contributed by atoms with E-state index < -0.39 is 15.9 Å². The second-order valence-corrected chi connectivity index (χ2v) is 6.78. The average Bonchev–Trinajstić information content (AvgIpc) is 2.38. The Balaban J connectivity index is 2.91. The quantitative estimate of drug-likeness (QED) is 0.828. The van der Waals surface area contributed by atoms with Crippen LogP contribution in [0, 0.1) is 5.92 Å². The smallest absolute Gasteiger partial charge is 0.264 e. The summed E-state index contributed by atoms with van der Waals surface area (Å²) in [7, 11) is -3.61. The molecule has 0 saturated carbocycles. The fraction of sp³-hybridized carbons (Fsp3) is 0.615. The first-order valence-corrected chi connectivity index (χ1v) is 8.07. The number of nitrogens with one attached hydrogen (secondary N) is 1. The van der Waals surface area contributed by atoms with Crippen molar-refractivity contribution in [3.8, 4) is 0 Å². The van der Waals surface area contributed by atoms with E-state index in [1.807, 2.05) is 18.6 Å². The molecule has 0 fully saturated rings. The standard InChI is InChI=1S/C13H21NO4S/c1-4-7-19(17,18)14-13(16)11-6-5-9(2)10(3)8-12(11)15/h8-9,15H,4-7H2,1-3H3,(H,14,16). The summed E-state index contributed by atoms with van der Waals surface area (Å²) in [5, 5.41) is 9.88. The number of carbonyl (C=O) groups excluding carboxylic acids is 1. The Morgan fingerprint density at radius 2 is 2.16 bits per heavy atom. The molecule has 0 aromatic heterocycles. The summed E-state index contributed by atoms with van der Waals surface area (Å²) in [6.45, 7) is 5.61. The van der Waals surface area contributed by atoms with E-state index in [4.69, 9.17) is 0 Å². The fourth-order valence-corrected chi connectivity index (χ4v) is 2.96. The summed E-state index contributed by atoms with van der Waals surface area (Å²) in [5.74, 6) is -0.687. The molecule has 0 aromatic rings. The van der Waals surface area contributed by atoms with E-state index in [2.05, 4.69) is 0 Å². The Bertz CT molecular complexity index is 517. The van der Waals surface area contributed by atoms with Gasteiger partial charge in [-0.15, -0.1) is 0 Å². The SMILES string of the molecule is CCCS(=O)(=O)NC(=O)C1=C(O)C=C(C)C(C)CC1. The van der Waals surface area contributed by atoms with Gasteiger partial charge in [0.1, 0.15) is 5.76 Å². The van der Waals surface area contributed by atoms with Crippen LogP contribution >= 0.6 is 0 Å². The molecule has 0 spiro atoms. The van der Waals surface area contributed by atoms with Crippen LogP contribution in [0.5, 0.6) is 0 Å². The van der Waals surface area contributed by atoms with Gasteiger partial charge in [-0.1, -0.05) is 19.4 Å². The molecule has 0 aromatic carbocycles. The summed E-state index contributed by atoms with van der Waals surface area (Å²) in [4.78, 5) is 11.9. The number of aliphatic hydroxyl groups excluding tert-OH is 1. The van der Waals surface area contributed by atoms with Crippen molar-refractivity contribution in [3.63, 3.8) is 0 Å². The maximum Gasteiger partial charge on any atom is 0.264 e. The molecule has 5 nitrogen and oxygen atoms in total. The van der Waals surface area contributed by atoms with Crippen LogP contribution in [-0.4, -0.2) is 25.2 Å². The highest BCUT2D eigenvalue weighted by Gasteiger charge is 2.23. The number of allylic oxidation sites excluding steroid dienone is 2. The van der Waals surface area contributed by atoms with Crippen LogP contribution in [-0.2, 0) is 14.8 Å². The second-order valence-electron chi connectivity index (χ2n) is 4.94. The zero-order valence-electron chi connectivity index (χ0n) is 11.6. The normalized spacial score (nSPS) is 20.8. The molecule has 0 aliphatic heterocycles. The third-order valence-electron chi connectivity index (χ3n) is 3.27. The van der Waals surface area contributed by atoms with Crippen LogP contribution in [0.15, 0.2) is 23.0 Å². The largest absolute Gasteiger partial charge is 0.507 e. The van der Waals surface area contributed by atoms with Crippen molar-refractivity contribution in [2.75, 3.05) is 5.75 Å². The number of aliphatic hydroxyl groups is 1. The molecule has 1 aliphatic rings. The zero-order valence-corrected chi connectivity index (χ0v) is 12.4. The number of carbonyl (C=O) groups is 1. The first-order chi connectivity index (χ1) is 8.76. The molecular formula is C13H21NO4S. The summed E-state index contributed by atoms with van der Waals surface area (Å²) in [6.07, 6.45) is 3.06. The predicted molar refractivity (Wildman–Crippen MR) is 74.0 cm³/mol. The van der Waals surface area contributed by atoms with E-state index in [9.17, 15) is 18.3 Å². The maximum absolute atomic E-state index is 11.9. The highest BCUT2D eigenvalue weighted by atomic mass is 32.2. The molecular weight excluding hydrogens is 266 g/mol. The van der Waals surface area contributed by atoms with Crippen molar-refractivity contribution in [2.24, 2.45) is 5.92 Å². The number of hydrogen-bond acceptors (Lipinski definition) is 4. The number of rotatable bonds is 4. The summed E-state index contributed by atoms with van der Waals surface area (Å²) >= 11 is 0. The van der Waals surface area contributed by atoms with E-state index in [1.165, 1.54) is 0 Å². The maximum atomic E-state index is 11.9. The van der Waals surface area contributed by atoms with Gasteiger partial charge in [0, 0.05) is 0 Å². The molecule has 1 unspecified atom stereocenters. The summed E-state index contributed by atoms with van der Waals surface area (Å²) < 4.78 is 25.1. The van der Waals surface area contributed by atoms with Gasteiger partial charge >= 0.3 is 0 Å². The molecule has 1 atom stereocenters. The van der Waals surface area contributed by atoms with Gasteiger partial charge in [-0.05, 0) is 38.2 Å². The molecule has 1 amide bonds. The molecule has 2 N–H and O–H groups in total. The van der Waals surface area contributed by atoms with Gasteiger partial charge in [0.05, 0.1) is 11.3 Å². The van der Waals surface area contributed by atoms with Crippen LogP contribution in [0.1, 0.15) is 40.0 Å². The lowest BCUT2D eigenvalue weighted by atomic mass is 9.98. The Kier molecular flexibility index (Phi) is 5.17. The first kappa shape index (κ1) is 15.8. The summed E-state index contributed by atoms with van der Waals surface area (Å²) in [5.41, 5.74) is 1.13. The molecule has 1 aliphatic carbocycles. The minimum atomic E-state index is -3.61. The zero-order chi connectivity index (χ0) is 14.6. The third-order valence-corrected chi connectivity index (χ3v) is 4.72. The van der Waals surface area contributed by atoms with Crippen molar-refractivity contribution in [3.05, 3.63) is 23.0 Å². The molecule has 19 heavy (non-hydrogen) atoms. The minimum absolute atomic E-state index is 0.0992. The summed E-state index contributed by atoms with van der Waals surface area (Å²) in [6, 6.07) is 0. The van der Waals surface area contributed by atoms with Crippen LogP contribution in [0.4, 0.5) is 0 Å². The number of hydrogen-bond donors (Lipinski definition) is 2. The molecule has 108 valence electrons. The van der Waals surface area contributed by atoms with E-state index >= 15 is 0 Å². The van der Waals surface area contributed by atoms with Gasteiger partial charge in [-0.2, -0.15) is 0 Å². The van der Waals surface area contributed by atoms with E-state index in [0.29, 0.717) is 19.3 Å². The highest BCUT2D eigenvalue weighted by molar-refractivity contribution is 7.90. The first-order valence-electron chi connectivity index (χ1n) is 6.42. The van der Waals surface area contributed by atoms with Gasteiger partial charge < -0.3 is 5.11 Å². The topological polar surface area (TPSA) is 83.5 Å². The van der Waals surface area contributed by atoms with Gasteiger partial charge in [-0.25, -0.2) is 13.1 Å². The van der Waals surface area contributed by atoms with Crippen LogP contribution < -0.4 is 4.72 Å². The van der Waals surface area contributed by atoms with Crippen LogP contribution in [0.2, 0.25) is 0 Å². The van der Waals surface area contributed by atoms with Crippen molar-refractivity contribution >= 4 is 15.9 Å². The van der Waals surface area contributed by atoms with Gasteiger partial charge in [0.25, 0.3) is 5.91 Å². The van der Waals surface area contributed by atoms with Gasteiger partial charge in [-0.3, -0.25) is 4.79 Å². The van der Waals surface area contributed by atoms with Crippen molar-refractivity contribution < 1.29 is 18.3 Å². The third kappa shape index (κ3) is 4.38. The number of amides is 1. The Labute approximate surface area is 114 Å². The molecule has 0 bridgehead atoms. The highest BCUT2D eigenvalue weighted by Crippen LogP contribution is 2.26. The van der Waals surface area contributed by atoms with Gasteiger partial charge in [0.15, 0.2) is 0 Å². The molecule has 0 heterocycles. The predicted octanol–water partition coefficient (Wildman–Crippen LogP) is 2.03. The van der Waals surface area contributed by atoms with Gasteiger partial charge in [0.2, 0.25) is 10.0 Å². The average molecular weight is 287 g/mol. The Morgan fingerprint density at radius 1 is 1.53 bits per heavy atom. The number of sulfonamides is 1. The van der Waals surface area contributed by atoms with Crippen LogP contribution in [0.3, 0.4) is 0 Å². The van der Waals surface area contributed by atoms with Crippen LogP contribution in [0.25, 0.3) is 0 Å². The molecule has 6 heteroatoms. The van der Waals surface area contributed by atoms with Crippen molar-refractivity contribution in [1.82, 2.24) is 4.72 Å². The lowest BCUT2D eigenvalue weighted by Crippen LogP contribution is -2.33.